The number of carbonyl (C=O) groups is 3. The quantitative estimate of drug-likeness (QED) is 0.0634. The number of esters is 1. The first-order valence-corrected chi connectivity index (χ1v) is 16.2. The van der Waals surface area contributed by atoms with Crippen molar-refractivity contribution in [2.75, 3.05) is 31.7 Å². The van der Waals surface area contributed by atoms with E-state index in [1.165, 1.54) is 64.2 Å². The number of rotatable bonds is 26. The average molecular weight is 538 g/mol. The zero-order valence-electron chi connectivity index (χ0n) is 24.1. The van der Waals surface area contributed by atoms with Crippen molar-refractivity contribution < 1.29 is 19.1 Å². The van der Waals surface area contributed by atoms with Gasteiger partial charge in [0, 0.05) is 19.2 Å². The fourth-order valence-corrected chi connectivity index (χ4v) is 4.58. The minimum Gasteiger partial charge on any atom is -0.463 e. The summed E-state index contributed by atoms with van der Waals surface area (Å²) in [5.41, 5.74) is 0. The maximum Gasteiger partial charge on any atom is 0.330 e. The summed E-state index contributed by atoms with van der Waals surface area (Å²) in [5.74, 6) is 0.779. The Balaban J connectivity index is 3.78. The first-order valence-electron chi connectivity index (χ1n) is 14.8. The molecule has 0 aromatic heterocycles. The molecule has 0 rings (SSSR count). The van der Waals surface area contributed by atoms with Gasteiger partial charge in [-0.15, -0.1) is 0 Å². The first-order chi connectivity index (χ1) is 18.0. The van der Waals surface area contributed by atoms with Gasteiger partial charge < -0.3 is 9.64 Å². The summed E-state index contributed by atoms with van der Waals surface area (Å²) >= 11 is 1.62. The number of nitrogens with zero attached hydrogens (tertiary/aromatic N) is 1. The zero-order chi connectivity index (χ0) is 27.4. The van der Waals surface area contributed by atoms with Crippen LogP contribution in [0.25, 0.3) is 0 Å². The number of ketones is 1. The molecule has 0 aliphatic rings. The molecule has 0 saturated carbocycles. The Bertz CT molecular complexity index is 633. The number of thioether (sulfide) groups is 1. The van der Waals surface area contributed by atoms with Gasteiger partial charge >= 0.3 is 5.97 Å². The third-order valence-corrected chi connectivity index (χ3v) is 6.81. The van der Waals surface area contributed by atoms with Crippen LogP contribution in [0.15, 0.2) is 24.3 Å². The fourth-order valence-electron chi connectivity index (χ4n) is 4.15. The Morgan fingerprint density at radius 3 is 1.62 bits per heavy atom. The lowest BCUT2D eigenvalue weighted by atomic mass is 10.1. The Hall–Kier alpha value is -1.56. The SMILES string of the molecule is CCCOC(=O)/C=C/CCCCCCCCCN(CCCCCCCCC/C=C/C(C)=O)C(=O)CSC. The molecular formula is C31H55NO4S. The second kappa shape index (κ2) is 27.5. The van der Waals surface area contributed by atoms with Crippen LogP contribution >= 0.6 is 11.8 Å². The van der Waals surface area contributed by atoms with Crippen molar-refractivity contribution in [3.8, 4) is 0 Å². The first kappa shape index (κ1) is 35.4. The summed E-state index contributed by atoms with van der Waals surface area (Å²) in [7, 11) is 0. The largest absolute Gasteiger partial charge is 0.463 e. The molecule has 0 unspecified atom stereocenters. The number of hydrogen-bond donors (Lipinski definition) is 0. The molecular weight excluding hydrogens is 482 g/mol. The number of hydrogen-bond acceptors (Lipinski definition) is 5. The minimum atomic E-state index is -0.227. The van der Waals surface area contributed by atoms with Gasteiger partial charge in [-0.3, -0.25) is 9.59 Å². The number of unbranched alkanes of at least 4 members (excludes halogenated alkanes) is 14. The van der Waals surface area contributed by atoms with Crippen molar-refractivity contribution in [1.82, 2.24) is 4.90 Å². The highest BCUT2D eigenvalue weighted by Crippen LogP contribution is 2.12. The number of allylic oxidation sites excluding steroid dienone is 3. The predicted molar refractivity (Wildman–Crippen MR) is 159 cm³/mol. The van der Waals surface area contributed by atoms with Gasteiger partial charge in [-0.05, 0) is 64.2 Å². The van der Waals surface area contributed by atoms with Crippen LogP contribution in [-0.4, -0.2) is 54.3 Å². The minimum absolute atomic E-state index is 0.130. The lowest BCUT2D eigenvalue weighted by Crippen LogP contribution is -2.34. The Kier molecular flexibility index (Phi) is 26.3. The van der Waals surface area contributed by atoms with E-state index in [0.29, 0.717) is 12.4 Å². The van der Waals surface area contributed by atoms with Crippen molar-refractivity contribution in [2.45, 2.75) is 123 Å². The molecule has 0 heterocycles. The summed E-state index contributed by atoms with van der Waals surface area (Å²) in [5, 5.41) is 0. The van der Waals surface area contributed by atoms with Crippen LogP contribution in [0.1, 0.15) is 123 Å². The fraction of sp³-hybridized carbons (Fsp3) is 0.774. The van der Waals surface area contributed by atoms with Crippen molar-refractivity contribution >= 4 is 29.4 Å². The Morgan fingerprint density at radius 1 is 0.703 bits per heavy atom. The van der Waals surface area contributed by atoms with Crippen LogP contribution in [-0.2, 0) is 19.1 Å². The molecule has 1 amide bonds. The molecule has 0 aliphatic carbocycles. The van der Waals surface area contributed by atoms with Crippen LogP contribution in [0.3, 0.4) is 0 Å². The van der Waals surface area contributed by atoms with E-state index in [1.807, 2.05) is 25.3 Å². The third kappa shape index (κ3) is 25.9. The van der Waals surface area contributed by atoms with Gasteiger partial charge in [0.15, 0.2) is 5.78 Å². The lowest BCUT2D eigenvalue weighted by Gasteiger charge is -2.22. The zero-order valence-corrected chi connectivity index (χ0v) is 25.0. The topological polar surface area (TPSA) is 63.7 Å². The van der Waals surface area contributed by atoms with E-state index >= 15 is 0 Å². The van der Waals surface area contributed by atoms with E-state index < -0.39 is 0 Å². The molecule has 6 heteroatoms. The maximum atomic E-state index is 12.5. The molecule has 0 saturated heterocycles. The Morgan fingerprint density at radius 2 is 1.16 bits per heavy atom. The highest BCUT2D eigenvalue weighted by atomic mass is 32.2. The molecule has 0 aliphatic heterocycles. The van der Waals surface area contributed by atoms with Gasteiger partial charge in [0.2, 0.25) is 5.91 Å². The van der Waals surface area contributed by atoms with Gasteiger partial charge in [-0.1, -0.05) is 83.3 Å². The smallest absolute Gasteiger partial charge is 0.330 e. The van der Waals surface area contributed by atoms with Gasteiger partial charge in [0.25, 0.3) is 0 Å². The van der Waals surface area contributed by atoms with Crippen LogP contribution in [0.4, 0.5) is 0 Å². The summed E-state index contributed by atoms with van der Waals surface area (Å²) in [4.78, 5) is 36.8. The average Bonchev–Trinajstić information content (AvgIpc) is 2.87. The molecule has 0 aromatic carbocycles. The summed E-state index contributed by atoms with van der Waals surface area (Å²) in [6.07, 6.45) is 28.7. The van der Waals surface area contributed by atoms with E-state index in [-0.39, 0.29) is 17.7 Å². The molecule has 0 radical (unpaired) electrons. The van der Waals surface area contributed by atoms with E-state index in [0.717, 1.165) is 58.0 Å². The van der Waals surface area contributed by atoms with E-state index in [2.05, 4.69) is 4.90 Å². The van der Waals surface area contributed by atoms with Crippen LogP contribution in [0.2, 0.25) is 0 Å². The second-order valence-electron chi connectivity index (χ2n) is 9.92. The van der Waals surface area contributed by atoms with Crippen molar-refractivity contribution in [3.63, 3.8) is 0 Å². The van der Waals surface area contributed by atoms with Crippen LogP contribution in [0, 0.1) is 0 Å². The molecule has 214 valence electrons. The molecule has 0 spiro atoms. The normalized spacial score (nSPS) is 11.4. The molecule has 0 bridgehead atoms. The highest BCUT2D eigenvalue weighted by Gasteiger charge is 2.12. The van der Waals surface area contributed by atoms with Gasteiger partial charge in [-0.25, -0.2) is 4.79 Å². The van der Waals surface area contributed by atoms with Gasteiger partial charge in [0.05, 0.1) is 12.4 Å². The monoisotopic (exact) mass is 537 g/mol. The van der Waals surface area contributed by atoms with Gasteiger partial charge in [0.1, 0.15) is 0 Å². The van der Waals surface area contributed by atoms with E-state index in [1.54, 1.807) is 30.8 Å². The van der Waals surface area contributed by atoms with E-state index in [9.17, 15) is 14.4 Å². The van der Waals surface area contributed by atoms with Crippen molar-refractivity contribution in [2.24, 2.45) is 0 Å². The second-order valence-corrected chi connectivity index (χ2v) is 10.8. The summed E-state index contributed by atoms with van der Waals surface area (Å²) in [6.45, 7) is 5.87. The van der Waals surface area contributed by atoms with E-state index in [4.69, 9.17) is 4.74 Å². The van der Waals surface area contributed by atoms with Crippen LogP contribution < -0.4 is 0 Å². The summed E-state index contributed by atoms with van der Waals surface area (Å²) in [6, 6.07) is 0. The standard InChI is InChI=1S/C31H55NO4S/c1-4-27-36-31(35)24-20-16-12-8-6-10-14-18-22-26-32(30(34)28-37-3)25-21-17-13-9-5-7-11-15-19-23-29(2)33/h19-20,23-24H,4-18,21-22,25-28H2,1-3H3/b23-19+,24-20+. The van der Waals surface area contributed by atoms with Gasteiger partial charge in [-0.2, -0.15) is 11.8 Å². The highest BCUT2D eigenvalue weighted by molar-refractivity contribution is 7.99. The molecule has 5 nitrogen and oxygen atoms in total. The lowest BCUT2D eigenvalue weighted by molar-refractivity contribution is -0.137. The molecule has 37 heavy (non-hydrogen) atoms. The number of ether oxygens (including phenoxy) is 1. The number of amides is 1. The molecule has 0 fully saturated rings. The number of carbonyl (C=O) groups excluding carboxylic acids is 3. The predicted octanol–water partition coefficient (Wildman–Crippen LogP) is 8.07. The van der Waals surface area contributed by atoms with Crippen molar-refractivity contribution in [3.05, 3.63) is 24.3 Å². The molecule has 0 atom stereocenters. The molecule has 0 N–H and O–H groups in total. The van der Waals surface area contributed by atoms with Crippen molar-refractivity contribution in [1.29, 1.82) is 0 Å². The molecule has 0 aromatic rings. The summed E-state index contributed by atoms with van der Waals surface area (Å²) < 4.78 is 5.02. The van der Waals surface area contributed by atoms with Crippen LogP contribution in [0.5, 0.6) is 0 Å². The Labute approximate surface area is 232 Å². The maximum absolute atomic E-state index is 12.5. The third-order valence-electron chi connectivity index (χ3n) is 6.27.